The normalized spacial score (nSPS) is 13.2. The zero-order valence-electron chi connectivity index (χ0n) is 8.20. The van der Waals surface area contributed by atoms with E-state index in [0.717, 1.165) is 12.1 Å². The fraction of sp³-hybridized carbons (Fsp3) is 0.667. The molecule has 4 nitrogen and oxygen atoms in total. The number of aliphatic hydroxyl groups is 1. The third-order valence-electron chi connectivity index (χ3n) is 2.04. The first-order valence-electron chi connectivity index (χ1n) is 4.64. The molecule has 0 aromatic carbocycles. The Morgan fingerprint density at radius 2 is 2.46 bits per heavy atom. The Hall–Kier alpha value is -0.870. The summed E-state index contributed by atoms with van der Waals surface area (Å²) in [4.78, 5) is 0. The maximum Gasteiger partial charge on any atom is 0.0556 e. The molecule has 1 unspecified atom stereocenters. The molecule has 0 aliphatic carbocycles. The Morgan fingerprint density at radius 3 is 3.00 bits per heavy atom. The smallest absolute Gasteiger partial charge is 0.0556 e. The minimum Gasteiger partial charge on any atom is -0.395 e. The van der Waals surface area contributed by atoms with Gasteiger partial charge in [0.2, 0.25) is 0 Å². The van der Waals surface area contributed by atoms with Crippen molar-refractivity contribution < 1.29 is 5.11 Å². The number of hydrogen-bond acceptors (Lipinski definition) is 3. The third-order valence-corrected chi connectivity index (χ3v) is 2.04. The van der Waals surface area contributed by atoms with Crippen LogP contribution >= 0.6 is 0 Å². The first kappa shape index (κ1) is 10.2. The Labute approximate surface area is 78.6 Å². The van der Waals surface area contributed by atoms with Crippen molar-refractivity contribution in [1.82, 2.24) is 15.1 Å². The van der Waals surface area contributed by atoms with Crippen LogP contribution < -0.4 is 5.32 Å². The molecule has 0 aliphatic heterocycles. The molecule has 74 valence electrons. The molecule has 0 bridgehead atoms. The highest BCUT2D eigenvalue weighted by atomic mass is 16.3. The van der Waals surface area contributed by atoms with E-state index < -0.39 is 0 Å². The molecule has 1 rings (SSSR count). The molecule has 0 aliphatic rings. The van der Waals surface area contributed by atoms with E-state index in [2.05, 4.69) is 24.3 Å². The quantitative estimate of drug-likeness (QED) is 0.700. The fourth-order valence-corrected chi connectivity index (χ4v) is 1.18. The van der Waals surface area contributed by atoms with Gasteiger partial charge < -0.3 is 10.4 Å². The summed E-state index contributed by atoms with van der Waals surface area (Å²) in [5, 5.41) is 16.0. The zero-order chi connectivity index (χ0) is 9.68. The fourth-order valence-electron chi connectivity index (χ4n) is 1.18. The lowest BCUT2D eigenvalue weighted by molar-refractivity contribution is 0.286. The SMILES string of the molecule is CCn1cc(C(C)NCCO)cn1. The van der Waals surface area contributed by atoms with Gasteiger partial charge in [-0.25, -0.2) is 0 Å². The highest BCUT2D eigenvalue weighted by Gasteiger charge is 2.05. The second kappa shape index (κ2) is 4.99. The lowest BCUT2D eigenvalue weighted by Gasteiger charge is -2.09. The van der Waals surface area contributed by atoms with Gasteiger partial charge in [-0.3, -0.25) is 4.68 Å². The monoisotopic (exact) mass is 183 g/mol. The van der Waals surface area contributed by atoms with Crippen molar-refractivity contribution in [1.29, 1.82) is 0 Å². The number of nitrogens with one attached hydrogen (secondary N) is 1. The Kier molecular flexibility index (Phi) is 3.92. The summed E-state index contributed by atoms with van der Waals surface area (Å²) >= 11 is 0. The van der Waals surface area contributed by atoms with Crippen molar-refractivity contribution in [3.63, 3.8) is 0 Å². The van der Waals surface area contributed by atoms with E-state index >= 15 is 0 Å². The molecule has 0 saturated heterocycles. The molecule has 1 aromatic rings. The van der Waals surface area contributed by atoms with Crippen molar-refractivity contribution in [3.05, 3.63) is 18.0 Å². The molecule has 1 atom stereocenters. The van der Waals surface area contributed by atoms with Gasteiger partial charge in [0, 0.05) is 30.9 Å². The zero-order valence-corrected chi connectivity index (χ0v) is 8.20. The van der Waals surface area contributed by atoms with Gasteiger partial charge in [0.1, 0.15) is 0 Å². The predicted molar refractivity (Wildman–Crippen MR) is 51.4 cm³/mol. The first-order chi connectivity index (χ1) is 6.27. The van der Waals surface area contributed by atoms with Crippen LogP contribution in [-0.4, -0.2) is 28.0 Å². The number of aromatic nitrogens is 2. The van der Waals surface area contributed by atoms with E-state index in [9.17, 15) is 0 Å². The highest BCUT2D eigenvalue weighted by molar-refractivity contribution is 5.08. The highest BCUT2D eigenvalue weighted by Crippen LogP contribution is 2.09. The van der Waals surface area contributed by atoms with Gasteiger partial charge in [-0.05, 0) is 13.8 Å². The van der Waals surface area contributed by atoms with E-state index in [0.29, 0.717) is 6.54 Å². The van der Waals surface area contributed by atoms with Crippen LogP contribution in [0.25, 0.3) is 0 Å². The second-order valence-corrected chi connectivity index (χ2v) is 3.03. The van der Waals surface area contributed by atoms with Crippen molar-refractivity contribution >= 4 is 0 Å². The van der Waals surface area contributed by atoms with E-state index in [4.69, 9.17) is 5.11 Å². The van der Waals surface area contributed by atoms with Gasteiger partial charge in [-0.1, -0.05) is 0 Å². The molecule has 2 N–H and O–H groups in total. The molecule has 0 spiro atoms. The van der Waals surface area contributed by atoms with Crippen LogP contribution in [0.4, 0.5) is 0 Å². The average Bonchev–Trinajstić information content (AvgIpc) is 2.62. The van der Waals surface area contributed by atoms with Crippen LogP contribution in [0.15, 0.2) is 12.4 Å². The largest absolute Gasteiger partial charge is 0.395 e. The number of hydrogen-bond donors (Lipinski definition) is 2. The van der Waals surface area contributed by atoms with Gasteiger partial charge in [0.25, 0.3) is 0 Å². The minimum atomic E-state index is 0.173. The van der Waals surface area contributed by atoms with Crippen LogP contribution in [0.5, 0.6) is 0 Å². The van der Waals surface area contributed by atoms with Crippen LogP contribution in [-0.2, 0) is 6.54 Å². The standard InChI is InChI=1S/C9H17N3O/c1-3-12-7-9(6-11-12)8(2)10-4-5-13/h6-8,10,13H,3-5H2,1-2H3. The molecule has 0 saturated carbocycles. The molecule has 1 heterocycles. The van der Waals surface area contributed by atoms with Gasteiger partial charge >= 0.3 is 0 Å². The lowest BCUT2D eigenvalue weighted by Crippen LogP contribution is -2.21. The molecular formula is C9H17N3O. The van der Waals surface area contributed by atoms with E-state index in [-0.39, 0.29) is 12.6 Å². The van der Waals surface area contributed by atoms with Crippen molar-refractivity contribution in [2.75, 3.05) is 13.2 Å². The molecule has 1 aromatic heterocycles. The lowest BCUT2D eigenvalue weighted by atomic mass is 10.2. The predicted octanol–water partition coefficient (Wildman–Crippen LogP) is 0.546. The van der Waals surface area contributed by atoms with Crippen molar-refractivity contribution in [2.24, 2.45) is 0 Å². The van der Waals surface area contributed by atoms with Gasteiger partial charge in [-0.2, -0.15) is 5.10 Å². The molecule has 0 radical (unpaired) electrons. The maximum absolute atomic E-state index is 8.63. The molecular weight excluding hydrogens is 166 g/mol. The molecule has 13 heavy (non-hydrogen) atoms. The van der Waals surface area contributed by atoms with Gasteiger partial charge in [-0.15, -0.1) is 0 Å². The summed E-state index contributed by atoms with van der Waals surface area (Å²) in [6.45, 7) is 5.81. The summed E-state index contributed by atoms with van der Waals surface area (Å²) in [5.74, 6) is 0. The summed E-state index contributed by atoms with van der Waals surface area (Å²) < 4.78 is 1.90. The van der Waals surface area contributed by atoms with E-state index in [1.807, 2.05) is 17.1 Å². The van der Waals surface area contributed by atoms with Crippen LogP contribution in [0, 0.1) is 0 Å². The third kappa shape index (κ3) is 2.82. The summed E-state index contributed by atoms with van der Waals surface area (Å²) in [6.07, 6.45) is 3.88. The Bertz CT molecular complexity index is 247. The average molecular weight is 183 g/mol. The summed E-state index contributed by atoms with van der Waals surface area (Å²) in [6, 6.07) is 0.257. The van der Waals surface area contributed by atoms with Crippen LogP contribution in [0.2, 0.25) is 0 Å². The molecule has 4 heteroatoms. The van der Waals surface area contributed by atoms with E-state index in [1.54, 1.807) is 0 Å². The van der Waals surface area contributed by atoms with Gasteiger partial charge in [0.15, 0.2) is 0 Å². The number of rotatable bonds is 5. The first-order valence-corrected chi connectivity index (χ1v) is 4.64. The number of aryl methyl sites for hydroxylation is 1. The van der Waals surface area contributed by atoms with E-state index in [1.165, 1.54) is 0 Å². The maximum atomic E-state index is 8.63. The van der Waals surface area contributed by atoms with Crippen LogP contribution in [0.3, 0.4) is 0 Å². The van der Waals surface area contributed by atoms with Crippen molar-refractivity contribution in [3.8, 4) is 0 Å². The van der Waals surface area contributed by atoms with Crippen molar-refractivity contribution in [2.45, 2.75) is 26.4 Å². The topological polar surface area (TPSA) is 50.1 Å². The summed E-state index contributed by atoms with van der Waals surface area (Å²) in [7, 11) is 0. The Balaban J connectivity index is 2.50. The number of aliphatic hydroxyl groups excluding tert-OH is 1. The molecule has 0 fully saturated rings. The van der Waals surface area contributed by atoms with Gasteiger partial charge in [0.05, 0.1) is 12.8 Å². The Morgan fingerprint density at radius 1 is 1.69 bits per heavy atom. The van der Waals surface area contributed by atoms with Crippen LogP contribution in [0.1, 0.15) is 25.5 Å². The molecule has 0 amide bonds. The second-order valence-electron chi connectivity index (χ2n) is 3.03. The number of nitrogens with zero attached hydrogens (tertiary/aromatic N) is 2. The minimum absolute atomic E-state index is 0.173. The summed E-state index contributed by atoms with van der Waals surface area (Å²) in [5.41, 5.74) is 1.16.